The summed E-state index contributed by atoms with van der Waals surface area (Å²) in [5.41, 5.74) is 4.72. The number of aromatic nitrogens is 1. The molecule has 3 N–H and O–H groups in total. The average molecular weight is 332 g/mol. The molecule has 1 aliphatic rings. The fraction of sp³-hybridized carbons (Fsp3) is 0.400. The Hall–Kier alpha value is -1.53. The maximum absolute atomic E-state index is 12.4. The Balaban J connectivity index is 0.000000246. The van der Waals surface area contributed by atoms with Gasteiger partial charge >= 0.3 is 6.18 Å². The van der Waals surface area contributed by atoms with E-state index in [-0.39, 0.29) is 11.2 Å². The molecule has 22 heavy (non-hydrogen) atoms. The monoisotopic (exact) mass is 331 g/mol. The van der Waals surface area contributed by atoms with Crippen molar-refractivity contribution in [3.8, 4) is 0 Å². The fourth-order valence-corrected chi connectivity index (χ4v) is 2.34. The van der Waals surface area contributed by atoms with Crippen LogP contribution in [-0.2, 0) is 6.18 Å². The van der Waals surface area contributed by atoms with E-state index in [2.05, 4.69) is 10.3 Å². The van der Waals surface area contributed by atoms with E-state index in [1.807, 2.05) is 0 Å². The quantitative estimate of drug-likeness (QED) is 0.758. The molecule has 0 unspecified atom stereocenters. The van der Waals surface area contributed by atoms with Crippen LogP contribution in [0, 0.1) is 0 Å². The third kappa shape index (κ3) is 4.48. The molecule has 0 bridgehead atoms. The van der Waals surface area contributed by atoms with E-state index in [0.717, 1.165) is 6.07 Å². The molecule has 1 aliphatic heterocycles. The Morgan fingerprint density at radius 3 is 2.27 bits per heavy atom. The minimum Gasteiger partial charge on any atom is -0.398 e. The number of nitrogens with two attached hydrogens (primary N) is 1. The highest BCUT2D eigenvalue weighted by molar-refractivity contribution is 6.31. The lowest BCUT2D eigenvalue weighted by molar-refractivity contribution is -0.140. The van der Waals surface area contributed by atoms with Gasteiger partial charge in [-0.1, -0.05) is 18.0 Å². The van der Waals surface area contributed by atoms with Gasteiger partial charge in [-0.05, 0) is 50.2 Å². The largest absolute Gasteiger partial charge is 0.433 e. The highest BCUT2D eigenvalue weighted by atomic mass is 35.5. The van der Waals surface area contributed by atoms with Crippen LogP contribution in [0.4, 0.5) is 18.9 Å². The number of nitrogens with one attached hydrogen (secondary N) is 1. The van der Waals surface area contributed by atoms with Crippen molar-refractivity contribution in [2.45, 2.75) is 25.4 Å². The number of nitrogen functional groups attached to an aromatic ring is 1. The lowest BCUT2D eigenvalue weighted by atomic mass is 10.1. The summed E-state index contributed by atoms with van der Waals surface area (Å²) in [6.07, 6.45) is -0.283. The molecule has 0 saturated carbocycles. The normalized spacial score (nSPS) is 15.3. The molecule has 120 valence electrons. The number of nitrogens with zero attached hydrogens (tertiary/aromatic N) is 1. The van der Waals surface area contributed by atoms with Gasteiger partial charge in [0.15, 0.2) is 0 Å². The molecule has 0 aliphatic carbocycles. The van der Waals surface area contributed by atoms with Gasteiger partial charge in [0.05, 0.1) is 5.52 Å². The number of halogens is 4. The number of hydrogen-bond donors (Lipinski definition) is 2. The molecule has 1 fully saturated rings. The number of benzene rings is 1. The van der Waals surface area contributed by atoms with Gasteiger partial charge in [-0.3, -0.25) is 0 Å². The SMILES string of the molecule is C1CCNCC1.Nc1cc(C(F)(F)F)nc2ccc(Cl)cc12. The number of pyridine rings is 1. The van der Waals surface area contributed by atoms with Gasteiger partial charge in [-0.15, -0.1) is 0 Å². The van der Waals surface area contributed by atoms with Crippen molar-refractivity contribution in [2.24, 2.45) is 0 Å². The summed E-state index contributed by atoms with van der Waals surface area (Å²) >= 11 is 5.71. The molecular weight excluding hydrogens is 315 g/mol. The summed E-state index contributed by atoms with van der Waals surface area (Å²) in [5, 5.41) is 4.11. The zero-order valence-corrected chi connectivity index (χ0v) is 12.6. The van der Waals surface area contributed by atoms with Crippen molar-refractivity contribution in [1.82, 2.24) is 10.3 Å². The van der Waals surface area contributed by atoms with E-state index in [4.69, 9.17) is 17.3 Å². The Labute approximate surface area is 131 Å². The molecule has 1 aromatic heterocycles. The highest BCUT2D eigenvalue weighted by Gasteiger charge is 2.33. The summed E-state index contributed by atoms with van der Waals surface area (Å²) in [6.45, 7) is 2.50. The Morgan fingerprint density at radius 1 is 1.09 bits per heavy atom. The van der Waals surface area contributed by atoms with Gasteiger partial charge in [0.25, 0.3) is 0 Å². The van der Waals surface area contributed by atoms with Gasteiger partial charge in [0, 0.05) is 16.1 Å². The summed E-state index contributed by atoms with van der Waals surface area (Å²) < 4.78 is 37.3. The van der Waals surface area contributed by atoms with Crippen LogP contribution in [0.5, 0.6) is 0 Å². The minimum absolute atomic E-state index is 0.0137. The Bertz CT molecular complexity index is 628. The number of fused-ring (bicyclic) bond motifs is 1. The lowest BCUT2D eigenvalue weighted by Crippen LogP contribution is -2.21. The second-order valence-electron chi connectivity index (χ2n) is 5.07. The first-order valence-electron chi connectivity index (χ1n) is 7.01. The Kier molecular flexibility index (Phi) is 5.47. The predicted molar refractivity (Wildman–Crippen MR) is 82.9 cm³/mol. The molecule has 7 heteroatoms. The van der Waals surface area contributed by atoms with Gasteiger partial charge < -0.3 is 11.1 Å². The predicted octanol–water partition coefficient (Wildman–Crippen LogP) is 4.25. The molecular formula is C15H17ClF3N3. The third-order valence-electron chi connectivity index (χ3n) is 3.30. The summed E-state index contributed by atoms with van der Waals surface area (Å²) in [7, 11) is 0. The maximum atomic E-state index is 12.4. The van der Waals surface area contributed by atoms with Crippen LogP contribution in [0.3, 0.4) is 0 Å². The third-order valence-corrected chi connectivity index (χ3v) is 3.54. The topological polar surface area (TPSA) is 50.9 Å². The van der Waals surface area contributed by atoms with Gasteiger partial charge in [0.1, 0.15) is 5.69 Å². The van der Waals surface area contributed by atoms with Gasteiger partial charge in [0.2, 0.25) is 0 Å². The van der Waals surface area contributed by atoms with Crippen LogP contribution >= 0.6 is 11.6 Å². The number of alkyl halides is 3. The van der Waals surface area contributed by atoms with Crippen LogP contribution in [0.1, 0.15) is 25.0 Å². The van der Waals surface area contributed by atoms with Crippen LogP contribution in [0.25, 0.3) is 10.9 Å². The molecule has 1 aromatic carbocycles. The van der Waals surface area contributed by atoms with Gasteiger partial charge in [-0.2, -0.15) is 13.2 Å². The van der Waals surface area contributed by atoms with Crippen LogP contribution in [-0.4, -0.2) is 18.1 Å². The van der Waals surface area contributed by atoms with Crippen molar-refractivity contribution < 1.29 is 13.2 Å². The lowest BCUT2D eigenvalue weighted by Gasteiger charge is -2.09. The van der Waals surface area contributed by atoms with E-state index in [1.54, 1.807) is 0 Å². The molecule has 0 amide bonds. The van der Waals surface area contributed by atoms with Crippen molar-refractivity contribution in [2.75, 3.05) is 18.8 Å². The number of rotatable bonds is 0. The molecule has 1 saturated heterocycles. The van der Waals surface area contributed by atoms with E-state index >= 15 is 0 Å². The molecule has 2 heterocycles. The zero-order valence-electron chi connectivity index (χ0n) is 11.9. The van der Waals surface area contributed by atoms with Crippen molar-refractivity contribution in [1.29, 1.82) is 0 Å². The van der Waals surface area contributed by atoms with Crippen molar-refractivity contribution in [3.63, 3.8) is 0 Å². The average Bonchev–Trinajstić information content (AvgIpc) is 2.49. The van der Waals surface area contributed by atoms with E-state index in [0.29, 0.717) is 10.4 Å². The molecule has 0 atom stereocenters. The van der Waals surface area contributed by atoms with E-state index in [1.165, 1.54) is 50.6 Å². The van der Waals surface area contributed by atoms with Crippen LogP contribution < -0.4 is 11.1 Å². The Morgan fingerprint density at radius 2 is 1.77 bits per heavy atom. The second-order valence-corrected chi connectivity index (χ2v) is 5.50. The molecule has 3 rings (SSSR count). The summed E-state index contributed by atoms with van der Waals surface area (Å²) in [6, 6.07) is 5.16. The number of piperidine rings is 1. The van der Waals surface area contributed by atoms with Crippen molar-refractivity contribution in [3.05, 3.63) is 35.0 Å². The van der Waals surface area contributed by atoms with Crippen LogP contribution in [0.15, 0.2) is 24.3 Å². The van der Waals surface area contributed by atoms with Crippen LogP contribution in [0.2, 0.25) is 5.02 Å². The van der Waals surface area contributed by atoms with E-state index < -0.39 is 11.9 Å². The standard InChI is InChI=1S/C10H6ClF3N2.C5H11N/c11-5-1-2-8-6(3-5)7(15)4-9(16-8)10(12,13)14;1-2-4-6-5-3-1/h1-4H,(H2,15,16);6H,1-5H2. The minimum atomic E-state index is -4.50. The van der Waals surface area contributed by atoms with Gasteiger partial charge in [-0.25, -0.2) is 4.98 Å². The first-order chi connectivity index (χ1) is 10.4. The zero-order chi connectivity index (χ0) is 16.2. The maximum Gasteiger partial charge on any atom is 0.433 e. The van der Waals surface area contributed by atoms with Crippen molar-refractivity contribution >= 4 is 28.2 Å². The first kappa shape index (κ1) is 16.8. The van der Waals surface area contributed by atoms with E-state index in [9.17, 15) is 13.2 Å². The molecule has 3 nitrogen and oxygen atoms in total. The molecule has 0 spiro atoms. The first-order valence-corrected chi connectivity index (χ1v) is 7.39. The fourth-order valence-electron chi connectivity index (χ4n) is 2.17. The second kappa shape index (κ2) is 7.15. The highest BCUT2D eigenvalue weighted by Crippen LogP contribution is 2.32. The molecule has 2 aromatic rings. The molecule has 0 radical (unpaired) electrons. The summed E-state index contributed by atoms with van der Waals surface area (Å²) in [4.78, 5) is 3.48. The summed E-state index contributed by atoms with van der Waals surface area (Å²) in [5.74, 6) is 0. The smallest absolute Gasteiger partial charge is 0.398 e. The number of hydrogen-bond acceptors (Lipinski definition) is 3. The number of anilines is 1.